The van der Waals surface area contributed by atoms with E-state index in [1.54, 1.807) is 32.9 Å². The van der Waals surface area contributed by atoms with Crippen molar-refractivity contribution < 1.29 is 23.1 Å². The van der Waals surface area contributed by atoms with Crippen molar-refractivity contribution in [2.24, 2.45) is 0 Å². The van der Waals surface area contributed by atoms with E-state index in [0.29, 0.717) is 10.6 Å². The molecule has 6 nitrogen and oxygen atoms in total. The van der Waals surface area contributed by atoms with Crippen LogP contribution in [0.1, 0.15) is 49.7 Å². The van der Waals surface area contributed by atoms with E-state index in [4.69, 9.17) is 16.3 Å². The molecule has 2 heterocycles. The molecule has 0 saturated carbocycles. The molecule has 0 radical (unpaired) electrons. The zero-order valence-corrected chi connectivity index (χ0v) is 20.6. The van der Waals surface area contributed by atoms with E-state index in [1.165, 1.54) is 4.90 Å². The monoisotopic (exact) mass is 503 g/mol. The summed E-state index contributed by atoms with van der Waals surface area (Å²) in [7, 11) is 0. The Hall–Kier alpha value is -3.13. The minimum absolute atomic E-state index is 0.0540. The summed E-state index contributed by atoms with van der Waals surface area (Å²) >= 11 is 6.52. The van der Waals surface area contributed by atoms with Gasteiger partial charge in [-0.2, -0.15) is 0 Å². The second-order valence-electron chi connectivity index (χ2n) is 9.80. The number of fused-ring (bicyclic) bond motifs is 1. The molecule has 2 aromatic carbocycles. The maximum atomic E-state index is 13.4. The number of alkyl carbamates (subject to hydrolysis) is 1. The number of H-pyrrole nitrogens is 1. The Morgan fingerprint density at radius 2 is 1.74 bits per heavy atom. The average Bonchev–Trinajstić information content (AvgIpc) is 3.20. The lowest BCUT2D eigenvalue weighted by atomic mass is 10.0. The smallest absolute Gasteiger partial charge is 0.407 e. The molecule has 1 aromatic heterocycles. The molecule has 2 amide bonds. The molecule has 0 bridgehead atoms. The number of nitrogens with zero attached hydrogens (tertiary/aromatic N) is 1. The number of halogens is 3. The molecule has 186 valence electrons. The minimum Gasteiger partial charge on any atom is -0.444 e. The van der Waals surface area contributed by atoms with Crippen LogP contribution in [0, 0.1) is 0 Å². The molecule has 1 fully saturated rings. The summed E-state index contributed by atoms with van der Waals surface area (Å²) in [6.07, 6.45) is -1.11. The average molecular weight is 504 g/mol. The predicted molar refractivity (Wildman–Crippen MR) is 132 cm³/mol. The summed E-state index contributed by atoms with van der Waals surface area (Å²) < 4.78 is 32.0. The molecule has 1 saturated heterocycles. The van der Waals surface area contributed by atoms with Crippen molar-refractivity contribution in [1.29, 1.82) is 0 Å². The molecule has 9 heteroatoms. The molecule has 1 aliphatic heterocycles. The topological polar surface area (TPSA) is 74.4 Å². The highest BCUT2D eigenvalue weighted by atomic mass is 35.5. The number of hydrogen-bond acceptors (Lipinski definition) is 3. The Balaban J connectivity index is 1.47. The van der Waals surface area contributed by atoms with Crippen LogP contribution in [0.5, 0.6) is 0 Å². The fourth-order valence-electron chi connectivity index (χ4n) is 4.03. The summed E-state index contributed by atoms with van der Waals surface area (Å²) in [5.41, 5.74) is 3.15. The number of nitrogens with one attached hydrogen (secondary N) is 2. The molecule has 2 N–H and O–H groups in total. The quantitative estimate of drug-likeness (QED) is 0.433. The molecule has 0 aliphatic carbocycles. The van der Waals surface area contributed by atoms with Crippen LogP contribution in [0.2, 0.25) is 5.02 Å². The van der Waals surface area contributed by atoms with E-state index in [9.17, 15) is 18.4 Å². The van der Waals surface area contributed by atoms with Crippen molar-refractivity contribution in [3.63, 3.8) is 0 Å². The Morgan fingerprint density at radius 3 is 2.37 bits per heavy atom. The molecule has 3 aromatic rings. The van der Waals surface area contributed by atoms with Gasteiger partial charge in [-0.15, -0.1) is 0 Å². The van der Waals surface area contributed by atoms with Crippen LogP contribution < -0.4 is 5.32 Å². The zero-order chi connectivity index (χ0) is 25.4. The summed E-state index contributed by atoms with van der Waals surface area (Å²) in [5, 5.41) is 4.12. The first-order chi connectivity index (χ1) is 16.4. The van der Waals surface area contributed by atoms with Crippen molar-refractivity contribution >= 4 is 34.5 Å². The first-order valence-electron chi connectivity index (χ1n) is 11.5. The molecule has 0 unspecified atom stereocenters. The number of aromatic amines is 1. The summed E-state index contributed by atoms with van der Waals surface area (Å²) in [6, 6.07) is 12.8. The van der Waals surface area contributed by atoms with Crippen LogP contribution in [0.4, 0.5) is 13.6 Å². The van der Waals surface area contributed by atoms with E-state index in [0.717, 1.165) is 27.7 Å². The van der Waals surface area contributed by atoms with E-state index >= 15 is 0 Å². The first kappa shape index (κ1) is 25.0. The second kappa shape index (κ2) is 9.49. The number of benzene rings is 2. The van der Waals surface area contributed by atoms with Gasteiger partial charge in [-0.1, -0.05) is 23.7 Å². The Labute approximate surface area is 207 Å². The predicted octanol–water partition coefficient (Wildman–Crippen LogP) is 6.38. The maximum absolute atomic E-state index is 13.4. The molecular weight excluding hydrogens is 476 g/mol. The van der Waals surface area contributed by atoms with Gasteiger partial charge in [0.05, 0.1) is 17.1 Å². The molecule has 4 rings (SSSR count). The Morgan fingerprint density at radius 1 is 1.09 bits per heavy atom. The second-order valence-corrected chi connectivity index (χ2v) is 10.2. The van der Waals surface area contributed by atoms with Gasteiger partial charge in [-0.25, -0.2) is 13.6 Å². The lowest BCUT2D eigenvalue weighted by Crippen LogP contribution is -2.42. The third-order valence-corrected chi connectivity index (χ3v) is 6.10. The van der Waals surface area contributed by atoms with E-state index in [-0.39, 0.29) is 38.4 Å². The number of piperidine rings is 1. The lowest BCUT2D eigenvalue weighted by molar-refractivity contribution is -0.0494. The highest BCUT2D eigenvalue weighted by molar-refractivity contribution is 6.35. The number of aromatic nitrogens is 1. The standard InChI is InChI=1S/C26H28ClF2N3O3/c1-25(2,3)35-24(34)30-15-20-13-19-12-18(14-21(27)22(19)31-20)16-4-6-17(7-5-16)23(33)32-10-8-26(28,29)9-11-32/h4-7,12-14,31H,8-11,15H2,1-3H3,(H,30,34). The van der Waals surface area contributed by atoms with Crippen molar-refractivity contribution in [1.82, 2.24) is 15.2 Å². The van der Waals surface area contributed by atoms with Crippen molar-refractivity contribution in [2.45, 2.75) is 51.7 Å². The fraction of sp³-hybridized carbons (Fsp3) is 0.385. The van der Waals surface area contributed by atoms with Gasteiger partial charge in [-0.05, 0) is 62.2 Å². The number of rotatable bonds is 4. The van der Waals surface area contributed by atoms with E-state index in [1.807, 2.05) is 30.3 Å². The first-order valence-corrected chi connectivity index (χ1v) is 11.8. The number of amides is 2. The lowest BCUT2D eigenvalue weighted by Gasteiger charge is -2.31. The van der Waals surface area contributed by atoms with Crippen LogP contribution in [0.25, 0.3) is 22.0 Å². The van der Waals surface area contributed by atoms with Crippen molar-refractivity contribution in [3.8, 4) is 11.1 Å². The van der Waals surface area contributed by atoms with Crippen LogP contribution >= 0.6 is 11.6 Å². The highest BCUT2D eigenvalue weighted by Crippen LogP contribution is 2.32. The van der Waals surface area contributed by atoms with E-state index in [2.05, 4.69) is 10.3 Å². The normalized spacial score (nSPS) is 15.8. The van der Waals surface area contributed by atoms with Gasteiger partial charge in [0.2, 0.25) is 0 Å². The zero-order valence-electron chi connectivity index (χ0n) is 19.9. The minimum atomic E-state index is -2.69. The van der Waals surface area contributed by atoms with Gasteiger partial charge in [-0.3, -0.25) is 4.79 Å². The Bertz CT molecular complexity index is 1240. The van der Waals surface area contributed by atoms with Crippen LogP contribution in [0.3, 0.4) is 0 Å². The molecule has 0 atom stereocenters. The Kier molecular flexibility index (Phi) is 6.77. The third kappa shape index (κ3) is 6.11. The third-order valence-electron chi connectivity index (χ3n) is 5.81. The fourth-order valence-corrected chi connectivity index (χ4v) is 4.30. The maximum Gasteiger partial charge on any atom is 0.407 e. The SMILES string of the molecule is CC(C)(C)OC(=O)NCc1cc2cc(-c3ccc(C(=O)N4CCC(F)(F)CC4)cc3)cc(Cl)c2[nH]1. The molecular formula is C26H28ClF2N3O3. The van der Waals surface area contributed by atoms with Crippen LogP contribution in [0.15, 0.2) is 42.5 Å². The van der Waals surface area contributed by atoms with Crippen molar-refractivity contribution in [2.75, 3.05) is 13.1 Å². The summed E-state index contributed by atoms with van der Waals surface area (Å²) in [6.45, 7) is 5.77. The van der Waals surface area contributed by atoms with Crippen LogP contribution in [-0.2, 0) is 11.3 Å². The van der Waals surface area contributed by atoms with Gasteiger partial charge in [0.15, 0.2) is 0 Å². The number of carbonyl (C=O) groups excluding carboxylic acids is 2. The molecule has 1 aliphatic rings. The number of carbonyl (C=O) groups is 2. The number of likely N-dealkylation sites (tertiary alicyclic amines) is 1. The van der Waals surface area contributed by atoms with Gasteiger partial charge in [0, 0.05) is 42.6 Å². The summed E-state index contributed by atoms with van der Waals surface area (Å²) in [5.74, 6) is -2.93. The number of ether oxygens (including phenoxy) is 1. The number of hydrogen-bond donors (Lipinski definition) is 2. The van der Waals surface area contributed by atoms with Gasteiger partial charge >= 0.3 is 6.09 Å². The summed E-state index contributed by atoms with van der Waals surface area (Å²) in [4.78, 5) is 29.3. The molecule has 0 spiro atoms. The highest BCUT2D eigenvalue weighted by Gasteiger charge is 2.35. The van der Waals surface area contributed by atoms with Crippen molar-refractivity contribution in [3.05, 3.63) is 58.7 Å². The molecule has 35 heavy (non-hydrogen) atoms. The van der Waals surface area contributed by atoms with Crippen LogP contribution in [-0.4, -0.2) is 46.5 Å². The van der Waals surface area contributed by atoms with E-state index < -0.39 is 17.6 Å². The van der Waals surface area contributed by atoms with Gasteiger partial charge in [0.25, 0.3) is 11.8 Å². The largest absolute Gasteiger partial charge is 0.444 e. The van der Waals surface area contributed by atoms with Gasteiger partial charge < -0.3 is 19.9 Å². The number of alkyl halides is 2. The van der Waals surface area contributed by atoms with Gasteiger partial charge in [0.1, 0.15) is 5.60 Å².